The normalized spacial score (nSPS) is 19.6. The Kier molecular flexibility index (Phi) is 4.99. The van der Waals surface area contributed by atoms with E-state index >= 15 is 0 Å². The summed E-state index contributed by atoms with van der Waals surface area (Å²) < 4.78 is 1.47. The fourth-order valence-corrected chi connectivity index (χ4v) is 4.63. The maximum absolute atomic E-state index is 12.3. The predicted molar refractivity (Wildman–Crippen MR) is 95.6 cm³/mol. The highest BCUT2D eigenvalue weighted by molar-refractivity contribution is 7.20. The molecule has 3 rings (SSSR count). The number of hydrogen-bond donors (Lipinski definition) is 0. The molecule has 1 aliphatic heterocycles. The van der Waals surface area contributed by atoms with Gasteiger partial charge in [0, 0.05) is 24.3 Å². The van der Waals surface area contributed by atoms with Gasteiger partial charge in [0.1, 0.15) is 0 Å². The van der Waals surface area contributed by atoms with Crippen LogP contribution in [0.1, 0.15) is 58.6 Å². The molecule has 2 unspecified atom stereocenters. The van der Waals surface area contributed by atoms with Crippen LogP contribution in [0.5, 0.6) is 0 Å². The second kappa shape index (κ2) is 6.99. The van der Waals surface area contributed by atoms with E-state index in [2.05, 4.69) is 35.8 Å². The summed E-state index contributed by atoms with van der Waals surface area (Å²) in [5.41, 5.74) is 0.823. The van der Waals surface area contributed by atoms with E-state index in [9.17, 15) is 4.79 Å². The van der Waals surface area contributed by atoms with E-state index in [1.807, 2.05) is 0 Å². The molecule has 23 heavy (non-hydrogen) atoms. The second-order valence-corrected chi connectivity index (χ2v) is 7.52. The van der Waals surface area contributed by atoms with Crippen molar-refractivity contribution >= 4 is 21.4 Å². The van der Waals surface area contributed by atoms with Gasteiger partial charge in [0.15, 0.2) is 0 Å². The number of anilines is 1. The Morgan fingerprint density at radius 1 is 1.39 bits per heavy atom. The number of aryl methyl sites for hydroxylation is 1. The molecule has 2 aromatic rings. The maximum Gasteiger partial charge on any atom is 0.275 e. The van der Waals surface area contributed by atoms with Crippen LogP contribution >= 0.6 is 11.3 Å². The molecular formula is C17H26N4OS. The van der Waals surface area contributed by atoms with Gasteiger partial charge < -0.3 is 4.90 Å². The second-order valence-electron chi connectivity index (χ2n) is 6.58. The standard InChI is InChI=1S/C17H26N4OS/c1-4-7-12(3)14-9-6-10-20(14)17-19-21-15(22)11-13(8-5-2)18-16(21)23-17/h11-12,14H,4-10H2,1-3H3. The Balaban J connectivity index is 1.93. The van der Waals surface area contributed by atoms with Gasteiger partial charge in [0.25, 0.3) is 5.56 Å². The highest BCUT2D eigenvalue weighted by Gasteiger charge is 2.31. The number of aromatic nitrogens is 3. The van der Waals surface area contributed by atoms with Gasteiger partial charge >= 0.3 is 0 Å². The van der Waals surface area contributed by atoms with E-state index < -0.39 is 0 Å². The average molecular weight is 334 g/mol. The third-order valence-electron chi connectivity index (χ3n) is 4.74. The lowest BCUT2D eigenvalue weighted by atomic mass is 9.95. The number of nitrogens with zero attached hydrogens (tertiary/aromatic N) is 4. The van der Waals surface area contributed by atoms with Gasteiger partial charge in [-0.1, -0.05) is 44.9 Å². The molecule has 2 atom stereocenters. The van der Waals surface area contributed by atoms with Crippen LogP contribution in [0.4, 0.5) is 5.13 Å². The van der Waals surface area contributed by atoms with Crippen LogP contribution < -0.4 is 10.5 Å². The summed E-state index contributed by atoms with van der Waals surface area (Å²) in [7, 11) is 0. The fraction of sp³-hybridized carbons (Fsp3) is 0.706. The molecule has 0 amide bonds. The van der Waals surface area contributed by atoms with Gasteiger partial charge in [0.05, 0.1) is 0 Å². The van der Waals surface area contributed by atoms with Crippen LogP contribution in [0, 0.1) is 5.92 Å². The molecule has 0 radical (unpaired) electrons. The zero-order chi connectivity index (χ0) is 16.4. The largest absolute Gasteiger partial charge is 0.343 e. The molecule has 3 heterocycles. The van der Waals surface area contributed by atoms with Crippen LogP contribution in [0.15, 0.2) is 10.9 Å². The molecule has 1 aliphatic rings. The Bertz CT molecular complexity index is 723. The van der Waals surface area contributed by atoms with Gasteiger partial charge in [-0.05, 0) is 31.6 Å². The Morgan fingerprint density at radius 3 is 2.96 bits per heavy atom. The molecule has 1 saturated heterocycles. The molecule has 0 N–H and O–H groups in total. The molecule has 6 heteroatoms. The number of hydrogen-bond acceptors (Lipinski definition) is 5. The Hall–Kier alpha value is -1.43. The van der Waals surface area contributed by atoms with E-state index in [0.29, 0.717) is 12.0 Å². The Morgan fingerprint density at radius 2 is 2.22 bits per heavy atom. The third kappa shape index (κ3) is 3.27. The van der Waals surface area contributed by atoms with E-state index in [4.69, 9.17) is 0 Å². The van der Waals surface area contributed by atoms with E-state index in [-0.39, 0.29) is 5.56 Å². The molecule has 126 valence electrons. The molecule has 0 aliphatic carbocycles. The molecule has 2 aromatic heterocycles. The van der Waals surface area contributed by atoms with Crippen LogP contribution in [0.3, 0.4) is 0 Å². The monoisotopic (exact) mass is 334 g/mol. The van der Waals surface area contributed by atoms with Crippen molar-refractivity contribution in [3.8, 4) is 0 Å². The van der Waals surface area contributed by atoms with Gasteiger partial charge in [-0.3, -0.25) is 4.79 Å². The summed E-state index contributed by atoms with van der Waals surface area (Å²) in [6.45, 7) is 7.72. The third-order valence-corrected chi connectivity index (χ3v) is 5.68. The van der Waals surface area contributed by atoms with Gasteiger partial charge in [0.2, 0.25) is 10.1 Å². The first-order chi connectivity index (χ1) is 11.1. The first kappa shape index (κ1) is 16.4. The summed E-state index contributed by atoms with van der Waals surface area (Å²) >= 11 is 1.55. The predicted octanol–water partition coefficient (Wildman–Crippen LogP) is 3.51. The van der Waals surface area contributed by atoms with Crippen LogP contribution in [-0.2, 0) is 6.42 Å². The van der Waals surface area contributed by atoms with Crippen LogP contribution in [-0.4, -0.2) is 27.2 Å². The fourth-order valence-electron chi connectivity index (χ4n) is 3.62. The van der Waals surface area contributed by atoms with Crippen molar-refractivity contribution in [1.29, 1.82) is 0 Å². The first-order valence-electron chi connectivity index (χ1n) is 8.80. The van der Waals surface area contributed by atoms with Crippen molar-refractivity contribution in [2.45, 2.75) is 65.3 Å². The minimum absolute atomic E-state index is 0.0571. The average Bonchev–Trinajstić information content (AvgIpc) is 3.13. The summed E-state index contributed by atoms with van der Waals surface area (Å²) in [6, 6.07) is 2.17. The molecular weight excluding hydrogens is 308 g/mol. The molecule has 1 fully saturated rings. The molecule has 0 bridgehead atoms. The SMILES string of the molecule is CCCc1cc(=O)n2nc(N3CCCC3C(C)CCC)sc2n1. The lowest BCUT2D eigenvalue weighted by molar-refractivity contribution is 0.420. The highest BCUT2D eigenvalue weighted by Crippen LogP contribution is 2.33. The molecule has 0 spiro atoms. The van der Waals surface area contributed by atoms with Crippen molar-refractivity contribution in [1.82, 2.24) is 14.6 Å². The van der Waals surface area contributed by atoms with Gasteiger partial charge in [-0.15, -0.1) is 5.10 Å². The minimum Gasteiger partial charge on any atom is -0.343 e. The van der Waals surface area contributed by atoms with Crippen molar-refractivity contribution in [2.75, 3.05) is 11.4 Å². The maximum atomic E-state index is 12.3. The van der Waals surface area contributed by atoms with Crippen molar-refractivity contribution in [2.24, 2.45) is 5.92 Å². The van der Waals surface area contributed by atoms with Crippen LogP contribution in [0.25, 0.3) is 4.96 Å². The zero-order valence-electron chi connectivity index (χ0n) is 14.3. The van der Waals surface area contributed by atoms with E-state index in [1.54, 1.807) is 17.4 Å². The smallest absolute Gasteiger partial charge is 0.275 e. The first-order valence-corrected chi connectivity index (χ1v) is 9.62. The van der Waals surface area contributed by atoms with Gasteiger partial charge in [-0.2, -0.15) is 4.52 Å². The number of fused-ring (bicyclic) bond motifs is 1. The highest BCUT2D eigenvalue weighted by atomic mass is 32.1. The van der Waals surface area contributed by atoms with Crippen molar-refractivity contribution < 1.29 is 0 Å². The van der Waals surface area contributed by atoms with Crippen molar-refractivity contribution in [3.05, 3.63) is 22.1 Å². The van der Waals surface area contributed by atoms with E-state index in [0.717, 1.165) is 35.2 Å². The summed E-state index contributed by atoms with van der Waals surface area (Å²) in [4.78, 5) is 20.0. The lowest BCUT2D eigenvalue weighted by Crippen LogP contribution is -2.34. The topological polar surface area (TPSA) is 50.5 Å². The number of rotatable bonds is 6. The van der Waals surface area contributed by atoms with Crippen LogP contribution in [0.2, 0.25) is 0 Å². The molecule has 5 nitrogen and oxygen atoms in total. The zero-order valence-corrected chi connectivity index (χ0v) is 15.1. The lowest BCUT2D eigenvalue weighted by Gasteiger charge is -2.28. The summed E-state index contributed by atoms with van der Waals surface area (Å²) in [6.07, 6.45) is 6.73. The quantitative estimate of drug-likeness (QED) is 0.811. The van der Waals surface area contributed by atoms with Crippen molar-refractivity contribution in [3.63, 3.8) is 0 Å². The summed E-state index contributed by atoms with van der Waals surface area (Å²) in [5, 5.41) is 5.53. The van der Waals surface area contributed by atoms with Gasteiger partial charge in [-0.25, -0.2) is 4.98 Å². The minimum atomic E-state index is -0.0571. The molecule has 0 aromatic carbocycles. The summed E-state index contributed by atoms with van der Waals surface area (Å²) in [5.74, 6) is 0.662. The Labute approximate surface area is 141 Å². The van der Waals surface area contributed by atoms with E-state index in [1.165, 1.54) is 30.2 Å². The molecule has 0 saturated carbocycles.